The smallest absolute Gasteiger partial charge is 0.462 e. The van der Waals surface area contributed by atoms with Crippen LogP contribution < -0.4 is 0 Å². The van der Waals surface area contributed by atoms with E-state index in [0.717, 1.165) is 64.2 Å². The molecule has 1 heterocycles. The van der Waals surface area contributed by atoms with E-state index in [-0.39, 0.29) is 31.7 Å². The van der Waals surface area contributed by atoms with Gasteiger partial charge < -0.3 is 29.3 Å². The Morgan fingerprint density at radius 1 is 0.648 bits per heavy atom. The molecular weight excluding hydrogens is 711 g/mol. The van der Waals surface area contributed by atoms with Crippen LogP contribution >= 0.6 is 7.82 Å². The zero-order valence-corrected chi connectivity index (χ0v) is 34.3. The maximum Gasteiger partial charge on any atom is 0.472 e. The normalized spacial score (nSPS) is 18.2. The monoisotopic (exact) mass is 784 g/mol. The van der Waals surface area contributed by atoms with E-state index >= 15 is 0 Å². The van der Waals surface area contributed by atoms with Crippen molar-refractivity contribution >= 4 is 19.8 Å². The van der Waals surface area contributed by atoms with Gasteiger partial charge in [-0.25, -0.2) is 4.57 Å². The van der Waals surface area contributed by atoms with E-state index in [4.69, 9.17) is 23.8 Å². The maximum atomic E-state index is 12.6. The molecule has 1 rings (SSSR count). The van der Waals surface area contributed by atoms with Gasteiger partial charge in [-0.1, -0.05) is 114 Å². The van der Waals surface area contributed by atoms with Crippen LogP contribution in [0.15, 0.2) is 48.6 Å². The van der Waals surface area contributed by atoms with Crippen LogP contribution in [0.4, 0.5) is 0 Å². The molecule has 0 aromatic rings. The number of phosphoric ester groups is 1. The molecule has 0 amide bonds. The minimum atomic E-state index is -4.64. The van der Waals surface area contributed by atoms with Crippen molar-refractivity contribution in [1.29, 1.82) is 0 Å². The topological polar surface area (TPSA) is 161 Å². The van der Waals surface area contributed by atoms with E-state index in [1.807, 2.05) is 6.08 Å². The summed E-state index contributed by atoms with van der Waals surface area (Å²) in [5.74, 6) is -1.01. The highest BCUT2D eigenvalue weighted by Gasteiger charge is 2.36. The van der Waals surface area contributed by atoms with Crippen molar-refractivity contribution in [2.24, 2.45) is 0 Å². The number of ether oxygens (including phenoxy) is 3. The summed E-state index contributed by atoms with van der Waals surface area (Å²) >= 11 is 0. The minimum Gasteiger partial charge on any atom is -0.462 e. The third kappa shape index (κ3) is 31.1. The molecule has 0 bridgehead atoms. The predicted octanol–water partition coefficient (Wildman–Crippen LogP) is 9.54. The first-order chi connectivity index (χ1) is 26.2. The summed E-state index contributed by atoms with van der Waals surface area (Å²) in [4.78, 5) is 34.9. The van der Waals surface area contributed by atoms with Gasteiger partial charge in [0.25, 0.3) is 0 Å². The Morgan fingerprint density at radius 3 is 1.83 bits per heavy atom. The fraction of sp³-hybridized carbons (Fsp3) is 0.762. The second-order valence-electron chi connectivity index (χ2n) is 14.0. The Kier molecular flexibility index (Phi) is 31.6. The number of aliphatic hydroxyl groups excluding tert-OH is 2. The van der Waals surface area contributed by atoms with Gasteiger partial charge in [-0.3, -0.25) is 18.6 Å². The highest BCUT2D eigenvalue weighted by atomic mass is 31.2. The van der Waals surface area contributed by atoms with Crippen molar-refractivity contribution < 1.29 is 52.5 Å². The van der Waals surface area contributed by atoms with Crippen molar-refractivity contribution in [3.05, 3.63) is 48.6 Å². The first-order valence-corrected chi connectivity index (χ1v) is 22.2. The van der Waals surface area contributed by atoms with Gasteiger partial charge in [-0.15, -0.1) is 0 Å². The molecule has 0 aromatic carbocycles. The summed E-state index contributed by atoms with van der Waals surface area (Å²) in [5, 5.41) is 18.3. The molecular formula is C42H73O11P. The summed E-state index contributed by atoms with van der Waals surface area (Å²) in [6.45, 7) is 2.23. The Morgan fingerprint density at radius 2 is 1.15 bits per heavy atom. The zero-order chi connectivity index (χ0) is 39.5. The molecule has 1 aliphatic heterocycles. The molecule has 11 nitrogen and oxygen atoms in total. The lowest BCUT2D eigenvalue weighted by Crippen LogP contribution is -2.29. The van der Waals surface area contributed by atoms with Crippen molar-refractivity contribution in [3.8, 4) is 0 Å². The molecule has 0 radical (unpaired) electrons. The van der Waals surface area contributed by atoms with E-state index in [1.54, 1.807) is 0 Å². The van der Waals surface area contributed by atoms with Gasteiger partial charge in [0.05, 0.1) is 32.0 Å². The summed E-state index contributed by atoms with van der Waals surface area (Å²) in [6, 6.07) is 0. The number of esters is 2. The van der Waals surface area contributed by atoms with Gasteiger partial charge in [0.15, 0.2) is 6.10 Å². The van der Waals surface area contributed by atoms with Crippen molar-refractivity contribution in [2.45, 2.75) is 180 Å². The second kappa shape index (κ2) is 34.2. The van der Waals surface area contributed by atoms with Crippen molar-refractivity contribution in [3.63, 3.8) is 0 Å². The molecule has 5 atom stereocenters. The molecule has 1 saturated heterocycles. The van der Waals surface area contributed by atoms with E-state index in [1.165, 1.54) is 44.9 Å². The number of hydrogen-bond acceptors (Lipinski definition) is 10. The molecule has 12 heteroatoms. The van der Waals surface area contributed by atoms with Crippen LogP contribution in [0.1, 0.15) is 155 Å². The van der Waals surface area contributed by atoms with Gasteiger partial charge in [0.2, 0.25) is 0 Å². The summed E-state index contributed by atoms with van der Waals surface area (Å²) < 4.78 is 38.4. The minimum absolute atomic E-state index is 0.0971. The predicted molar refractivity (Wildman–Crippen MR) is 214 cm³/mol. The van der Waals surface area contributed by atoms with Crippen molar-refractivity contribution in [1.82, 2.24) is 0 Å². The van der Waals surface area contributed by atoms with Gasteiger partial charge in [-0.05, 0) is 77.0 Å². The van der Waals surface area contributed by atoms with E-state index < -0.39 is 51.8 Å². The van der Waals surface area contributed by atoms with E-state index in [0.29, 0.717) is 19.3 Å². The molecule has 1 fully saturated rings. The largest absolute Gasteiger partial charge is 0.472 e. The molecule has 0 saturated carbocycles. The lowest BCUT2D eigenvalue weighted by Gasteiger charge is -2.20. The van der Waals surface area contributed by atoms with Gasteiger partial charge in [-0.2, -0.15) is 0 Å². The molecule has 54 heavy (non-hydrogen) atoms. The third-order valence-corrected chi connectivity index (χ3v) is 9.81. The Balaban J connectivity index is 2.33. The summed E-state index contributed by atoms with van der Waals surface area (Å²) in [5.41, 5.74) is 0. The average molecular weight is 785 g/mol. The fourth-order valence-electron chi connectivity index (χ4n) is 5.49. The van der Waals surface area contributed by atoms with Crippen LogP contribution in [-0.4, -0.2) is 77.9 Å². The number of phosphoric acid groups is 1. The number of carbonyl (C=O) groups excluding carboxylic acids is 2. The molecule has 3 N–H and O–H groups in total. The Labute approximate surface area is 326 Å². The quantitative estimate of drug-likeness (QED) is 0.0181. The van der Waals surface area contributed by atoms with Gasteiger partial charge >= 0.3 is 19.8 Å². The highest BCUT2D eigenvalue weighted by molar-refractivity contribution is 7.47. The number of aliphatic hydroxyl groups is 2. The summed E-state index contributed by atoms with van der Waals surface area (Å²) in [7, 11) is -4.64. The highest BCUT2D eigenvalue weighted by Crippen LogP contribution is 2.43. The lowest BCUT2D eigenvalue weighted by atomic mass is 10.1. The number of allylic oxidation sites excluding steroid dienone is 6. The van der Waals surface area contributed by atoms with Crippen LogP contribution in [0.5, 0.6) is 0 Å². The number of epoxide rings is 1. The van der Waals surface area contributed by atoms with Crippen LogP contribution in [0, 0.1) is 0 Å². The zero-order valence-electron chi connectivity index (χ0n) is 33.4. The van der Waals surface area contributed by atoms with Crippen LogP contribution in [0.3, 0.4) is 0 Å². The van der Waals surface area contributed by atoms with E-state index in [2.05, 4.69) is 60.9 Å². The van der Waals surface area contributed by atoms with Crippen LogP contribution in [0.25, 0.3) is 0 Å². The van der Waals surface area contributed by atoms with Crippen LogP contribution in [-0.2, 0) is 37.4 Å². The molecule has 312 valence electrons. The fourth-order valence-corrected chi connectivity index (χ4v) is 6.28. The number of carbonyl (C=O) groups is 2. The molecule has 3 unspecified atom stereocenters. The molecule has 0 aromatic heterocycles. The summed E-state index contributed by atoms with van der Waals surface area (Å²) in [6.07, 6.45) is 36.8. The first-order valence-electron chi connectivity index (χ1n) is 20.7. The molecule has 0 spiro atoms. The lowest BCUT2D eigenvalue weighted by molar-refractivity contribution is -0.161. The van der Waals surface area contributed by atoms with Crippen molar-refractivity contribution in [2.75, 3.05) is 26.4 Å². The third-order valence-electron chi connectivity index (χ3n) is 8.86. The molecule has 1 aliphatic rings. The maximum absolute atomic E-state index is 12.6. The van der Waals surface area contributed by atoms with Gasteiger partial charge in [0.1, 0.15) is 12.7 Å². The van der Waals surface area contributed by atoms with Gasteiger partial charge in [0, 0.05) is 12.8 Å². The average Bonchev–Trinajstić information content (AvgIpc) is 3.92. The number of hydrogen-bond donors (Lipinski definition) is 3. The SMILES string of the molecule is CCCCC/C=C\C/C=C\CC1OC1C/C=C\CCCC(=O)O[C@H](COC(=O)CCCCCCC/C=C\CCCCCC)COP(=O)(O)OC[C@@H](O)CO. The second-order valence-corrected chi connectivity index (χ2v) is 15.5. The molecule has 0 aliphatic carbocycles. The standard InChI is InChI=1S/C42H73O11P/c1-3-5-7-9-11-13-14-15-16-18-20-22-27-31-41(45)49-35-38(36-51-54(47,48)50-34-37(44)33-43)52-42(46)32-28-24-23-26-30-40-39(53-40)29-25-21-19-17-12-10-8-6-4-2/h12-14,17,21,23,25-26,37-40,43-44H,3-11,15-16,18-20,22,24,27-36H2,1-2H3,(H,47,48)/b14-13-,17-12-,25-21-,26-23-/t37-,38+,39?,40?/m0/s1. The number of unbranched alkanes of at least 4 members (excludes halogenated alkanes) is 13. The first kappa shape index (κ1) is 49.9. The Hall–Kier alpha value is -2.11. The van der Waals surface area contributed by atoms with E-state index in [9.17, 15) is 24.2 Å². The number of rotatable bonds is 37. The Bertz CT molecular complexity index is 1110. The van der Waals surface area contributed by atoms with Crippen LogP contribution in [0.2, 0.25) is 0 Å².